The number of carbonyl (C=O) groups excluding carboxylic acids is 1. The van der Waals surface area contributed by atoms with E-state index in [1.807, 2.05) is 25.2 Å². The Labute approximate surface area is 159 Å². The molecule has 0 spiro atoms. The molecule has 1 aromatic rings. The number of carbonyl (C=O) groups is 1. The number of aliphatic imine (C=N–C) groups is 1. The van der Waals surface area contributed by atoms with E-state index in [2.05, 4.69) is 48.7 Å². The standard InChI is InChI=1S/C18H30BrN5O/c1-14-6-5-9-24(11-14)17(25)7-8-21-18(20-2)23(4)13-16-10-15(19)12-22(16)3/h10,12,14H,5-9,11,13H2,1-4H3,(H,20,21). The van der Waals surface area contributed by atoms with Crippen molar-refractivity contribution in [2.45, 2.75) is 32.7 Å². The Morgan fingerprint density at radius 3 is 2.88 bits per heavy atom. The maximum absolute atomic E-state index is 12.3. The molecule has 2 rings (SSSR count). The Morgan fingerprint density at radius 1 is 1.52 bits per heavy atom. The third-order valence-electron chi connectivity index (χ3n) is 4.68. The molecule has 1 atom stereocenters. The van der Waals surface area contributed by atoms with Gasteiger partial charge >= 0.3 is 0 Å². The highest BCUT2D eigenvalue weighted by Crippen LogP contribution is 2.16. The van der Waals surface area contributed by atoms with E-state index in [4.69, 9.17) is 0 Å². The number of piperidine rings is 1. The van der Waals surface area contributed by atoms with Gasteiger partial charge in [0.15, 0.2) is 5.96 Å². The van der Waals surface area contributed by atoms with Gasteiger partial charge in [-0.15, -0.1) is 0 Å². The van der Waals surface area contributed by atoms with Crippen LogP contribution in [0.1, 0.15) is 31.9 Å². The SMILES string of the molecule is CN=C(NCCC(=O)N1CCCC(C)C1)N(C)Cc1cc(Br)cn1C. The molecule has 1 amide bonds. The van der Waals surface area contributed by atoms with Crippen LogP contribution in [0, 0.1) is 5.92 Å². The fraction of sp³-hybridized carbons (Fsp3) is 0.667. The van der Waals surface area contributed by atoms with Gasteiger partial charge < -0.3 is 19.7 Å². The highest BCUT2D eigenvalue weighted by Gasteiger charge is 2.20. The van der Waals surface area contributed by atoms with Crippen LogP contribution in [0.2, 0.25) is 0 Å². The lowest BCUT2D eigenvalue weighted by Crippen LogP contribution is -2.43. The Hall–Kier alpha value is -1.50. The lowest BCUT2D eigenvalue weighted by atomic mass is 10.00. The van der Waals surface area contributed by atoms with Crippen molar-refractivity contribution in [2.24, 2.45) is 18.0 Å². The lowest BCUT2D eigenvalue weighted by Gasteiger charge is -2.31. The average Bonchev–Trinajstić information content (AvgIpc) is 2.88. The summed E-state index contributed by atoms with van der Waals surface area (Å²) in [6, 6.07) is 2.10. The van der Waals surface area contributed by atoms with Crippen LogP contribution >= 0.6 is 15.9 Å². The highest BCUT2D eigenvalue weighted by molar-refractivity contribution is 9.10. The first-order chi connectivity index (χ1) is 11.9. The van der Waals surface area contributed by atoms with E-state index in [0.29, 0.717) is 18.9 Å². The predicted octanol–water partition coefficient (Wildman–Crippen LogP) is 2.44. The Kier molecular flexibility index (Phi) is 7.35. The molecule has 1 saturated heterocycles. The van der Waals surface area contributed by atoms with Crippen LogP contribution in [0.5, 0.6) is 0 Å². The second-order valence-corrected chi connectivity index (χ2v) is 7.84. The van der Waals surface area contributed by atoms with Gasteiger partial charge in [-0.2, -0.15) is 0 Å². The quantitative estimate of drug-likeness (QED) is 0.597. The largest absolute Gasteiger partial charge is 0.356 e. The molecule has 7 heteroatoms. The second-order valence-electron chi connectivity index (χ2n) is 6.93. The maximum Gasteiger partial charge on any atom is 0.224 e. The number of nitrogens with one attached hydrogen (secondary N) is 1. The maximum atomic E-state index is 12.3. The highest BCUT2D eigenvalue weighted by atomic mass is 79.9. The summed E-state index contributed by atoms with van der Waals surface area (Å²) in [4.78, 5) is 20.7. The number of amides is 1. The molecule has 6 nitrogen and oxygen atoms in total. The van der Waals surface area contributed by atoms with E-state index in [1.54, 1.807) is 7.05 Å². The van der Waals surface area contributed by atoms with Crippen molar-refractivity contribution >= 4 is 27.8 Å². The summed E-state index contributed by atoms with van der Waals surface area (Å²) in [5, 5.41) is 3.30. The third kappa shape index (κ3) is 5.76. The first kappa shape index (κ1) is 19.8. The molecule has 1 fully saturated rings. The normalized spacial score (nSPS) is 18.4. The van der Waals surface area contributed by atoms with Gasteiger partial charge in [-0.25, -0.2) is 0 Å². The molecule has 2 heterocycles. The average molecular weight is 412 g/mol. The van der Waals surface area contributed by atoms with Crippen LogP contribution < -0.4 is 5.32 Å². The van der Waals surface area contributed by atoms with Gasteiger partial charge in [0.2, 0.25) is 5.91 Å². The molecule has 0 radical (unpaired) electrons. The smallest absolute Gasteiger partial charge is 0.224 e. The second kappa shape index (κ2) is 9.27. The lowest BCUT2D eigenvalue weighted by molar-refractivity contribution is -0.132. The molecular weight excluding hydrogens is 382 g/mol. The molecule has 0 aromatic carbocycles. The van der Waals surface area contributed by atoms with Crippen LogP contribution in [0.25, 0.3) is 0 Å². The molecular formula is C18H30BrN5O. The van der Waals surface area contributed by atoms with Gasteiger partial charge in [-0.1, -0.05) is 6.92 Å². The van der Waals surface area contributed by atoms with Crippen molar-refractivity contribution in [3.63, 3.8) is 0 Å². The molecule has 1 aromatic heterocycles. The minimum atomic E-state index is 0.239. The van der Waals surface area contributed by atoms with Crippen LogP contribution in [-0.4, -0.2) is 60.0 Å². The Bertz CT molecular complexity index is 613. The van der Waals surface area contributed by atoms with E-state index < -0.39 is 0 Å². The van der Waals surface area contributed by atoms with Crippen molar-refractivity contribution < 1.29 is 4.79 Å². The topological polar surface area (TPSA) is 52.9 Å². The fourth-order valence-corrected chi connectivity index (χ4v) is 3.85. The zero-order valence-corrected chi connectivity index (χ0v) is 17.3. The van der Waals surface area contributed by atoms with E-state index in [1.165, 1.54) is 12.1 Å². The number of aromatic nitrogens is 1. The summed E-state index contributed by atoms with van der Waals surface area (Å²) < 4.78 is 3.16. The number of nitrogens with zero attached hydrogens (tertiary/aromatic N) is 4. The molecule has 0 bridgehead atoms. The number of guanidine groups is 1. The monoisotopic (exact) mass is 411 g/mol. The molecule has 140 valence electrons. The van der Waals surface area contributed by atoms with Crippen molar-refractivity contribution in [1.82, 2.24) is 19.7 Å². The van der Waals surface area contributed by atoms with Crippen LogP contribution in [0.3, 0.4) is 0 Å². The van der Waals surface area contributed by atoms with E-state index >= 15 is 0 Å². The molecule has 0 saturated carbocycles. The van der Waals surface area contributed by atoms with Gasteiger partial charge in [0.05, 0.1) is 6.54 Å². The molecule has 0 aliphatic carbocycles. The van der Waals surface area contributed by atoms with Crippen molar-refractivity contribution in [1.29, 1.82) is 0 Å². The summed E-state index contributed by atoms with van der Waals surface area (Å²) in [5.41, 5.74) is 1.19. The molecule has 25 heavy (non-hydrogen) atoms. The van der Waals surface area contributed by atoms with Crippen molar-refractivity contribution in [2.75, 3.05) is 33.7 Å². The van der Waals surface area contributed by atoms with Crippen molar-refractivity contribution in [3.8, 4) is 0 Å². The molecule has 1 aliphatic heterocycles. The summed E-state index contributed by atoms with van der Waals surface area (Å²) in [7, 11) is 5.81. The van der Waals surface area contributed by atoms with E-state index in [9.17, 15) is 4.79 Å². The number of hydrogen-bond donors (Lipinski definition) is 1. The van der Waals surface area contributed by atoms with Gasteiger partial charge in [0.1, 0.15) is 0 Å². The number of aryl methyl sites for hydroxylation is 1. The first-order valence-corrected chi connectivity index (χ1v) is 9.70. The van der Waals surface area contributed by atoms with Gasteiger partial charge in [-0.05, 0) is 40.8 Å². The van der Waals surface area contributed by atoms with Crippen LogP contribution in [-0.2, 0) is 18.4 Å². The summed E-state index contributed by atoms with van der Waals surface area (Å²) in [5.74, 6) is 1.66. The minimum absolute atomic E-state index is 0.239. The summed E-state index contributed by atoms with van der Waals surface area (Å²) >= 11 is 3.50. The zero-order valence-electron chi connectivity index (χ0n) is 15.8. The fourth-order valence-electron chi connectivity index (χ4n) is 3.28. The third-order valence-corrected chi connectivity index (χ3v) is 5.11. The van der Waals surface area contributed by atoms with Crippen molar-refractivity contribution in [3.05, 3.63) is 22.4 Å². The predicted molar refractivity (Wildman–Crippen MR) is 106 cm³/mol. The zero-order chi connectivity index (χ0) is 18.4. The number of hydrogen-bond acceptors (Lipinski definition) is 2. The first-order valence-electron chi connectivity index (χ1n) is 8.91. The van der Waals surface area contributed by atoms with Gasteiger partial charge in [0.25, 0.3) is 0 Å². The molecule has 1 unspecified atom stereocenters. The molecule has 1 aliphatic rings. The minimum Gasteiger partial charge on any atom is -0.356 e. The van der Waals surface area contributed by atoms with E-state index in [-0.39, 0.29) is 5.91 Å². The number of rotatable bonds is 5. The Balaban J connectivity index is 1.79. The van der Waals surface area contributed by atoms with Gasteiger partial charge in [-0.3, -0.25) is 9.79 Å². The van der Waals surface area contributed by atoms with Crippen LogP contribution in [0.4, 0.5) is 0 Å². The van der Waals surface area contributed by atoms with Gasteiger partial charge in [0, 0.05) is 63.6 Å². The van der Waals surface area contributed by atoms with Crippen LogP contribution in [0.15, 0.2) is 21.7 Å². The summed E-state index contributed by atoms with van der Waals surface area (Å²) in [6.07, 6.45) is 4.90. The van der Waals surface area contributed by atoms with E-state index in [0.717, 1.165) is 36.5 Å². The Morgan fingerprint density at radius 2 is 2.28 bits per heavy atom. The summed E-state index contributed by atoms with van der Waals surface area (Å²) in [6.45, 7) is 5.38. The number of likely N-dealkylation sites (tertiary alicyclic amines) is 1. The number of halogens is 1. The molecule has 1 N–H and O–H groups in total.